The van der Waals surface area contributed by atoms with Crippen LogP contribution in [0.15, 0.2) is 53.6 Å². The molecule has 2 aromatic rings. The second-order valence-corrected chi connectivity index (χ2v) is 7.28. The molecule has 0 bridgehead atoms. The number of rotatable bonds is 6. The van der Waals surface area contributed by atoms with Crippen molar-refractivity contribution >= 4 is 27.8 Å². The van der Waals surface area contributed by atoms with E-state index >= 15 is 0 Å². The van der Waals surface area contributed by atoms with Crippen LogP contribution in [0.2, 0.25) is 0 Å². The fourth-order valence-electron chi connectivity index (χ4n) is 2.14. The number of amides is 1. The average molecular weight is 363 g/mol. The molecular weight excluding hydrogens is 345 g/mol. The van der Waals surface area contributed by atoms with Crippen molar-refractivity contribution in [3.8, 4) is 0 Å². The summed E-state index contributed by atoms with van der Waals surface area (Å²) in [6.07, 6.45) is 2.18. The molecule has 0 spiro atoms. The standard InChI is InChI=1S/C17H18FN3O3S/c1-13-7-3-6-10-16(13)21(25(2,23)24)12-17(22)20-19-11-14-8-4-5-9-15(14)18/h3-11H,12H2,1-2H3,(H,20,22)/b19-11-. The number of nitrogens with one attached hydrogen (secondary N) is 1. The molecule has 2 aromatic carbocycles. The smallest absolute Gasteiger partial charge is 0.260 e. The van der Waals surface area contributed by atoms with Gasteiger partial charge in [-0.1, -0.05) is 36.4 Å². The molecule has 1 amide bonds. The third kappa shape index (κ3) is 5.12. The summed E-state index contributed by atoms with van der Waals surface area (Å²) in [6.45, 7) is 1.32. The van der Waals surface area contributed by atoms with Gasteiger partial charge in [0, 0.05) is 5.56 Å². The van der Waals surface area contributed by atoms with Gasteiger partial charge in [0.2, 0.25) is 10.0 Å². The van der Waals surface area contributed by atoms with Crippen LogP contribution in [0.3, 0.4) is 0 Å². The number of hydrogen-bond acceptors (Lipinski definition) is 4. The number of benzene rings is 2. The molecule has 0 aromatic heterocycles. The SMILES string of the molecule is Cc1ccccc1N(CC(=O)N/N=C\c1ccccc1F)S(C)(=O)=O. The second kappa shape index (κ2) is 7.89. The quantitative estimate of drug-likeness (QED) is 0.630. The molecule has 0 heterocycles. The van der Waals surface area contributed by atoms with Gasteiger partial charge in [-0.15, -0.1) is 0 Å². The Kier molecular flexibility index (Phi) is 5.87. The monoisotopic (exact) mass is 363 g/mol. The van der Waals surface area contributed by atoms with E-state index in [0.29, 0.717) is 5.69 Å². The number of carbonyl (C=O) groups is 1. The summed E-state index contributed by atoms with van der Waals surface area (Å²) in [4.78, 5) is 12.0. The Balaban J connectivity index is 2.11. The first-order chi connectivity index (χ1) is 11.8. The van der Waals surface area contributed by atoms with Gasteiger partial charge >= 0.3 is 0 Å². The number of hydrazone groups is 1. The van der Waals surface area contributed by atoms with Crippen LogP contribution in [0, 0.1) is 12.7 Å². The van der Waals surface area contributed by atoms with E-state index in [1.165, 1.54) is 18.2 Å². The number of para-hydroxylation sites is 1. The lowest BCUT2D eigenvalue weighted by Gasteiger charge is -2.23. The van der Waals surface area contributed by atoms with Crippen molar-refractivity contribution in [2.75, 3.05) is 17.1 Å². The number of hydrogen-bond donors (Lipinski definition) is 1. The van der Waals surface area contributed by atoms with Crippen molar-refractivity contribution in [2.24, 2.45) is 5.10 Å². The van der Waals surface area contributed by atoms with Gasteiger partial charge in [-0.05, 0) is 24.6 Å². The molecule has 0 aliphatic heterocycles. The molecule has 8 heteroatoms. The predicted molar refractivity (Wildman–Crippen MR) is 95.5 cm³/mol. The Bertz CT molecular complexity index is 898. The molecule has 2 rings (SSSR count). The third-order valence-corrected chi connectivity index (χ3v) is 4.50. The Labute approximate surface area is 146 Å². The zero-order valence-electron chi connectivity index (χ0n) is 13.8. The van der Waals surface area contributed by atoms with Crippen molar-refractivity contribution in [3.05, 3.63) is 65.5 Å². The lowest BCUT2D eigenvalue weighted by Crippen LogP contribution is -2.39. The third-order valence-electron chi connectivity index (χ3n) is 3.37. The van der Waals surface area contributed by atoms with Crippen LogP contribution < -0.4 is 9.73 Å². The van der Waals surface area contributed by atoms with Gasteiger partial charge in [0.05, 0.1) is 18.2 Å². The van der Waals surface area contributed by atoms with Gasteiger partial charge in [0.1, 0.15) is 12.4 Å². The molecule has 0 radical (unpaired) electrons. The van der Waals surface area contributed by atoms with Gasteiger partial charge in [-0.2, -0.15) is 5.10 Å². The fourth-order valence-corrected chi connectivity index (χ4v) is 3.06. The van der Waals surface area contributed by atoms with Crippen LogP contribution >= 0.6 is 0 Å². The zero-order valence-corrected chi connectivity index (χ0v) is 14.6. The van der Waals surface area contributed by atoms with E-state index in [-0.39, 0.29) is 5.56 Å². The van der Waals surface area contributed by atoms with Crippen LogP contribution in [0.25, 0.3) is 0 Å². The average Bonchev–Trinajstić information content (AvgIpc) is 2.54. The van der Waals surface area contributed by atoms with Crippen molar-refractivity contribution in [1.82, 2.24) is 5.43 Å². The largest absolute Gasteiger partial charge is 0.271 e. The van der Waals surface area contributed by atoms with E-state index in [0.717, 1.165) is 22.3 Å². The lowest BCUT2D eigenvalue weighted by atomic mass is 10.2. The van der Waals surface area contributed by atoms with Crippen molar-refractivity contribution in [2.45, 2.75) is 6.92 Å². The molecule has 0 saturated heterocycles. The van der Waals surface area contributed by atoms with Crippen LogP contribution in [0.4, 0.5) is 10.1 Å². The van der Waals surface area contributed by atoms with Crippen LogP contribution in [0.1, 0.15) is 11.1 Å². The maximum atomic E-state index is 13.5. The summed E-state index contributed by atoms with van der Waals surface area (Å²) < 4.78 is 38.5. The first-order valence-corrected chi connectivity index (χ1v) is 9.23. The predicted octanol–water partition coefficient (Wildman–Crippen LogP) is 2.05. The normalized spacial score (nSPS) is 11.5. The molecule has 0 fully saturated rings. The van der Waals surface area contributed by atoms with Crippen molar-refractivity contribution in [3.63, 3.8) is 0 Å². The van der Waals surface area contributed by atoms with E-state index in [4.69, 9.17) is 0 Å². The molecule has 0 saturated carbocycles. The van der Waals surface area contributed by atoms with E-state index in [9.17, 15) is 17.6 Å². The van der Waals surface area contributed by atoms with Crippen LogP contribution in [-0.4, -0.2) is 33.3 Å². The van der Waals surface area contributed by atoms with Gasteiger partial charge in [0.15, 0.2) is 0 Å². The zero-order chi connectivity index (χ0) is 18.4. The molecule has 6 nitrogen and oxygen atoms in total. The molecule has 0 aliphatic rings. The minimum Gasteiger partial charge on any atom is -0.271 e. The molecule has 0 aliphatic carbocycles. The van der Waals surface area contributed by atoms with Gasteiger partial charge in [0.25, 0.3) is 5.91 Å². The first kappa shape index (κ1) is 18.6. The van der Waals surface area contributed by atoms with Gasteiger partial charge in [-0.3, -0.25) is 9.10 Å². The van der Waals surface area contributed by atoms with Gasteiger partial charge in [-0.25, -0.2) is 18.2 Å². The highest BCUT2D eigenvalue weighted by Gasteiger charge is 2.21. The molecule has 1 N–H and O–H groups in total. The number of aryl methyl sites for hydroxylation is 1. The number of sulfonamides is 1. The number of carbonyl (C=O) groups excluding carboxylic acids is 1. The lowest BCUT2D eigenvalue weighted by molar-refractivity contribution is -0.119. The Morgan fingerprint density at radius 1 is 1.20 bits per heavy atom. The van der Waals surface area contributed by atoms with E-state index in [2.05, 4.69) is 10.5 Å². The minimum absolute atomic E-state index is 0.210. The Morgan fingerprint density at radius 2 is 1.84 bits per heavy atom. The molecule has 0 atom stereocenters. The summed E-state index contributed by atoms with van der Waals surface area (Å²) in [5.74, 6) is -1.11. The fraction of sp³-hybridized carbons (Fsp3) is 0.176. The van der Waals surface area contributed by atoms with E-state index < -0.39 is 28.3 Å². The number of anilines is 1. The van der Waals surface area contributed by atoms with E-state index in [1.807, 2.05) is 0 Å². The van der Waals surface area contributed by atoms with Crippen LogP contribution in [0.5, 0.6) is 0 Å². The second-order valence-electron chi connectivity index (χ2n) is 5.37. The number of halogens is 1. The molecule has 132 valence electrons. The van der Waals surface area contributed by atoms with Gasteiger partial charge < -0.3 is 0 Å². The minimum atomic E-state index is -3.66. The maximum Gasteiger partial charge on any atom is 0.260 e. The Morgan fingerprint density at radius 3 is 2.48 bits per heavy atom. The first-order valence-electron chi connectivity index (χ1n) is 7.39. The van der Waals surface area contributed by atoms with Crippen molar-refractivity contribution in [1.29, 1.82) is 0 Å². The molecular formula is C17H18FN3O3S. The highest BCUT2D eigenvalue weighted by Crippen LogP contribution is 2.21. The summed E-state index contributed by atoms with van der Waals surface area (Å²) in [6, 6.07) is 12.8. The topological polar surface area (TPSA) is 78.8 Å². The highest BCUT2D eigenvalue weighted by molar-refractivity contribution is 7.92. The number of nitrogens with zero attached hydrogens (tertiary/aromatic N) is 2. The molecule has 25 heavy (non-hydrogen) atoms. The summed E-state index contributed by atoms with van der Waals surface area (Å²) in [7, 11) is -3.66. The summed E-state index contributed by atoms with van der Waals surface area (Å²) in [5, 5.41) is 3.67. The van der Waals surface area contributed by atoms with Crippen molar-refractivity contribution < 1.29 is 17.6 Å². The summed E-state index contributed by atoms with van der Waals surface area (Å²) in [5.41, 5.74) is 3.55. The summed E-state index contributed by atoms with van der Waals surface area (Å²) >= 11 is 0. The van der Waals surface area contributed by atoms with Crippen LogP contribution in [-0.2, 0) is 14.8 Å². The molecule has 0 unspecified atom stereocenters. The van der Waals surface area contributed by atoms with E-state index in [1.54, 1.807) is 37.3 Å². The maximum absolute atomic E-state index is 13.5. The Hall–Kier alpha value is -2.74. The highest BCUT2D eigenvalue weighted by atomic mass is 32.2.